The van der Waals surface area contributed by atoms with Crippen molar-refractivity contribution in [2.45, 2.75) is 100 Å². The van der Waals surface area contributed by atoms with Gasteiger partial charge in [0, 0.05) is 0 Å². The molecule has 0 saturated carbocycles. The van der Waals surface area contributed by atoms with E-state index < -0.39 is 8.80 Å². The molecule has 0 spiro atoms. The summed E-state index contributed by atoms with van der Waals surface area (Å²) in [6.45, 7) is 26.9. The minimum absolute atomic E-state index is 0. The molecule has 1 aliphatic rings. The second-order valence-electron chi connectivity index (χ2n) is 13.9. The Kier molecular flexibility index (Phi) is 11.8. The second kappa shape index (κ2) is 13.8. The molecule has 0 radical (unpaired) electrons. The quantitative estimate of drug-likeness (QED) is 0.214. The number of benzene rings is 3. The van der Waals surface area contributed by atoms with Crippen molar-refractivity contribution in [2.75, 3.05) is 0 Å². The molecule has 0 heterocycles. The van der Waals surface area contributed by atoms with E-state index in [1.54, 1.807) is 5.20 Å². The summed E-state index contributed by atoms with van der Waals surface area (Å²) in [5, 5.41) is 4.66. The predicted octanol–water partition coefficient (Wildman–Crippen LogP) is 8.60. The van der Waals surface area contributed by atoms with Crippen LogP contribution in [-0.2, 0) is 32.5 Å². The maximum Gasteiger partial charge on any atom is 2.00 e. The monoisotopic (exact) mass is 582 g/mol. The fourth-order valence-corrected chi connectivity index (χ4v) is 9.46. The van der Waals surface area contributed by atoms with Crippen LogP contribution in [0.2, 0.25) is 0 Å². The summed E-state index contributed by atoms with van der Waals surface area (Å²) in [7, 11) is -1.47. The van der Waals surface area contributed by atoms with Crippen molar-refractivity contribution in [3.8, 4) is 0 Å². The van der Waals surface area contributed by atoms with Gasteiger partial charge >= 0.3 is 21.7 Å². The Morgan fingerprint density at radius 2 is 1.05 bits per heavy atom. The maximum absolute atomic E-state index is 3.64. The van der Waals surface area contributed by atoms with E-state index in [1.165, 1.54) is 49.3 Å². The smallest absolute Gasteiger partial charge is 0.269 e. The van der Waals surface area contributed by atoms with Crippen LogP contribution in [0.15, 0.2) is 71.4 Å². The summed E-state index contributed by atoms with van der Waals surface area (Å²) in [5.74, 6) is 0.542. The number of hydrogen-bond acceptors (Lipinski definition) is 0. The Bertz CT molecular complexity index is 1240. The molecule has 0 amide bonds. The summed E-state index contributed by atoms with van der Waals surface area (Å²) >= 11 is 0. The zero-order valence-corrected chi connectivity index (χ0v) is 29.9. The molecule has 0 saturated heterocycles. The van der Waals surface area contributed by atoms with Crippen LogP contribution in [-0.4, -0.2) is 8.80 Å². The first-order valence-electron chi connectivity index (χ1n) is 14.6. The van der Waals surface area contributed by atoms with Crippen molar-refractivity contribution in [2.24, 2.45) is 5.92 Å². The molecule has 0 fully saturated rings. The van der Waals surface area contributed by atoms with Gasteiger partial charge in [0.25, 0.3) is 0 Å². The third-order valence-electron chi connectivity index (χ3n) is 7.49. The normalized spacial score (nSPS) is 13.4. The first kappa shape index (κ1) is 34.3. The van der Waals surface area contributed by atoms with Gasteiger partial charge < -0.3 is 0 Å². The molecule has 0 N–H and O–H groups in total. The molecule has 4 rings (SSSR count). The predicted molar refractivity (Wildman–Crippen MR) is 175 cm³/mol. The first-order chi connectivity index (χ1) is 18.1. The van der Waals surface area contributed by atoms with Crippen LogP contribution in [0.3, 0.4) is 0 Å². The number of allylic oxidation sites excluding steroid dienone is 4. The molecule has 0 unspecified atom stereocenters. The Labute approximate surface area is 262 Å². The Hall–Kier alpha value is -1.93. The Morgan fingerprint density at radius 3 is 1.40 bits per heavy atom. The molecular weight excluding hydrogens is 532 g/mol. The van der Waals surface area contributed by atoms with E-state index >= 15 is 0 Å². The molecule has 3 aromatic rings. The number of rotatable bonds is 4. The van der Waals surface area contributed by atoms with Gasteiger partial charge in [-0.2, -0.15) is 46.7 Å². The van der Waals surface area contributed by atoms with Crippen molar-refractivity contribution < 1.29 is 21.7 Å². The van der Waals surface area contributed by atoms with Crippen LogP contribution >= 0.6 is 0 Å². The molecule has 0 aliphatic heterocycles. The minimum atomic E-state index is -1.47. The van der Waals surface area contributed by atoms with Crippen LogP contribution in [0.5, 0.6) is 0 Å². The third kappa shape index (κ3) is 9.04. The van der Waals surface area contributed by atoms with Gasteiger partial charge in [0.15, 0.2) is 0 Å². The van der Waals surface area contributed by atoms with Crippen LogP contribution in [0.4, 0.5) is 0 Å². The summed E-state index contributed by atoms with van der Waals surface area (Å²) in [5.41, 5.74) is 10.1. The molecule has 2 heteroatoms. The second-order valence-corrected chi connectivity index (χ2v) is 16.7. The van der Waals surface area contributed by atoms with Gasteiger partial charge in [-0.15, -0.1) is 6.42 Å². The Balaban J connectivity index is 0.000000320. The van der Waals surface area contributed by atoms with Gasteiger partial charge in [0.2, 0.25) is 0 Å². The first-order valence-corrected chi connectivity index (χ1v) is 16.3. The summed E-state index contributed by atoms with van der Waals surface area (Å²) in [6.07, 6.45) is 7.06. The van der Waals surface area contributed by atoms with Crippen molar-refractivity contribution in [3.63, 3.8) is 0 Å². The van der Waals surface area contributed by atoms with E-state index in [-0.39, 0.29) is 32.5 Å². The fourth-order valence-electron chi connectivity index (χ4n) is 5.54. The summed E-state index contributed by atoms with van der Waals surface area (Å²) < 4.78 is 0. The zero-order chi connectivity index (χ0) is 29.1. The summed E-state index contributed by atoms with van der Waals surface area (Å²) in [4.78, 5) is 0. The van der Waals surface area contributed by atoms with E-state index in [4.69, 9.17) is 0 Å². The molecule has 3 aromatic carbocycles. The molecule has 40 heavy (non-hydrogen) atoms. The van der Waals surface area contributed by atoms with Crippen molar-refractivity contribution in [3.05, 3.63) is 117 Å². The van der Waals surface area contributed by atoms with Gasteiger partial charge in [0.05, 0.1) is 8.80 Å². The van der Waals surface area contributed by atoms with Crippen LogP contribution in [0, 0.1) is 45.8 Å². The molecule has 0 nitrogen and oxygen atoms in total. The van der Waals surface area contributed by atoms with Crippen molar-refractivity contribution in [1.82, 2.24) is 0 Å². The Morgan fingerprint density at radius 1 is 0.650 bits per heavy atom. The van der Waals surface area contributed by atoms with E-state index in [0.717, 1.165) is 6.42 Å². The SMILES string of the molecule is CC(C)(C)c1c[c-]cc(C(C)(C)C)c1.Cc1cc(C)cc([SiH](C2=CC[C-]=C2C(C)C)c2cc(C)cc(C)c2)c1.[Ti+2]. The molecule has 0 aromatic heterocycles. The van der Waals surface area contributed by atoms with Gasteiger partial charge in [-0.05, 0) is 27.7 Å². The average Bonchev–Trinajstić information content (AvgIpc) is 3.27. The minimum Gasteiger partial charge on any atom is -0.269 e. The van der Waals surface area contributed by atoms with Crippen molar-refractivity contribution >= 4 is 19.2 Å². The molecule has 210 valence electrons. The van der Waals surface area contributed by atoms with E-state index in [0.29, 0.717) is 5.92 Å². The van der Waals surface area contributed by atoms with Crippen LogP contribution in [0.1, 0.15) is 95.2 Å². The zero-order valence-electron chi connectivity index (χ0n) is 27.1. The van der Waals surface area contributed by atoms with Gasteiger partial charge in [0.1, 0.15) is 0 Å². The van der Waals surface area contributed by atoms with E-state index in [1.807, 2.05) is 0 Å². The average molecular weight is 583 g/mol. The van der Waals surface area contributed by atoms with Gasteiger partial charge in [-0.25, -0.2) is 5.57 Å². The standard InChI is InChI=1S/C24H29Si.C14H21.Ti/c1-16(2)23-8-7-9-24(23)25(21-12-17(3)10-18(4)13-21)22-14-19(5)11-20(6)15-22;1-13(2,3)11-8-7-9-12(10-11)14(4,5)6;/h9-16,25H,7H2,1-6H3;8-10H,1-6H3;/q2*-1;+2. The topological polar surface area (TPSA) is 0 Å². The van der Waals surface area contributed by atoms with Crippen molar-refractivity contribution in [1.29, 1.82) is 0 Å². The maximum atomic E-state index is 3.64. The van der Waals surface area contributed by atoms with Gasteiger partial charge in [-0.1, -0.05) is 141 Å². The number of hydrogen-bond donors (Lipinski definition) is 0. The number of aryl methyl sites for hydroxylation is 4. The molecule has 0 bridgehead atoms. The largest absolute Gasteiger partial charge is 2.00 e. The van der Waals surface area contributed by atoms with E-state index in [9.17, 15) is 0 Å². The van der Waals surface area contributed by atoms with E-state index in [2.05, 4.69) is 156 Å². The molecule has 1 aliphatic carbocycles. The van der Waals surface area contributed by atoms with Crippen LogP contribution in [0.25, 0.3) is 0 Å². The third-order valence-corrected chi connectivity index (χ3v) is 10.7. The molecule has 0 atom stereocenters. The molecular formula is C38H50SiTi. The fraction of sp³-hybridized carbons (Fsp3) is 0.421. The van der Waals surface area contributed by atoms with Gasteiger partial charge in [-0.3, -0.25) is 6.08 Å². The van der Waals surface area contributed by atoms with Crippen LogP contribution < -0.4 is 10.4 Å². The summed E-state index contributed by atoms with van der Waals surface area (Å²) in [6, 6.07) is 24.0.